The average molecular weight is 687 g/mol. The van der Waals surface area contributed by atoms with Gasteiger partial charge in [-0.3, -0.25) is 0 Å². The predicted molar refractivity (Wildman–Crippen MR) is 223 cm³/mol. The number of hydrogen-bond acceptors (Lipinski definition) is 1. The maximum absolute atomic E-state index is 2.63. The van der Waals surface area contributed by atoms with Crippen molar-refractivity contribution in [2.75, 3.05) is 4.90 Å². The number of nitrogens with zero attached hydrogens (tertiary/aromatic N) is 2. The van der Waals surface area contributed by atoms with E-state index in [-0.39, 0.29) is 10.8 Å². The summed E-state index contributed by atoms with van der Waals surface area (Å²) in [7, 11) is 0. The van der Waals surface area contributed by atoms with Crippen molar-refractivity contribution in [3.8, 4) is 39.1 Å². The third-order valence-electron chi connectivity index (χ3n) is 13.5. The van der Waals surface area contributed by atoms with Crippen LogP contribution >= 0.6 is 0 Å². The van der Waals surface area contributed by atoms with Crippen molar-refractivity contribution >= 4 is 38.9 Å². The van der Waals surface area contributed by atoms with Gasteiger partial charge in [0.2, 0.25) is 0 Å². The lowest BCUT2D eigenvalue weighted by Gasteiger charge is -2.49. The maximum Gasteiger partial charge on any atom is 0.0556 e. The molecule has 0 amide bonds. The third-order valence-corrected chi connectivity index (χ3v) is 13.5. The minimum absolute atomic E-state index is 0.251. The molecule has 0 saturated carbocycles. The average Bonchev–Trinajstić information content (AvgIpc) is 3.81. The molecule has 13 rings (SSSR count). The van der Waals surface area contributed by atoms with Crippen LogP contribution in [0, 0.1) is 0 Å². The monoisotopic (exact) mass is 686 g/mol. The van der Waals surface area contributed by atoms with Crippen LogP contribution in [0.25, 0.3) is 60.9 Å². The van der Waals surface area contributed by atoms with Crippen LogP contribution in [0.1, 0.15) is 47.2 Å². The van der Waals surface area contributed by atoms with Crippen molar-refractivity contribution in [3.63, 3.8) is 0 Å². The Morgan fingerprint density at radius 1 is 0.407 bits per heavy atom. The van der Waals surface area contributed by atoms with Gasteiger partial charge in [0.05, 0.1) is 28.1 Å². The van der Waals surface area contributed by atoms with Crippen LogP contribution in [0.4, 0.5) is 17.1 Å². The van der Waals surface area contributed by atoms with E-state index in [1.165, 1.54) is 111 Å². The molecule has 54 heavy (non-hydrogen) atoms. The van der Waals surface area contributed by atoms with Crippen molar-refractivity contribution in [2.24, 2.45) is 0 Å². The molecule has 2 atom stereocenters. The van der Waals surface area contributed by atoms with Crippen LogP contribution in [0.3, 0.4) is 0 Å². The van der Waals surface area contributed by atoms with Gasteiger partial charge in [0.15, 0.2) is 0 Å². The van der Waals surface area contributed by atoms with Crippen molar-refractivity contribution in [3.05, 3.63) is 203 Å². The number of anilines is 3. The lowest BCUT2D eigenvalue weighted by molar-refractivity contribution is 0.664. The summed E-state index contributed by atoms with van der Waals surface area (Å²) in [4.78, 5) is 2.63. The van der Waals surface area contributed by atoms with Gasteiger partial charge in [-0.25, -0.2) is 0 Å². The Balaban J connectivity index is 1.13. The van der Waals surface area contributed by atoms with Gasteiger partial charge in [0, 0.05) is 27.3 Å². The number of para-hydroxylation sites is 2. The van der Waals surface area contributed by atoms with Gasteiger partial charge in [0.1, 0.15) is 0 Å². The molecular weight excluding hydrogens is 653 g/mol. The molecule has 0 spiro atoms. The lowest BCUT2D eigenvalue weighted by atomic mass is 9.64. The highest BCUT2D eigenvalue weighted by molar-refractivity contribution is 6.16. The molecule has 0 N–H and O–H groups in total. The summed E-state index contributed by atoms with van der Waals surface area (Å²) in [5.74, 6) is 0. The molecule has 2 aliphatic heterocycles. The lowest BCUT2D eigenvalue weighted by Crippen LogP contribution is -2.39. The van der Waals surface area contributed by atoms with E-state index in [0.29, 0.717) is 0 Å². The molecule has 2 heteroatoms. The van der Waals surface area contributed by atoms with Crippen LogP contribution in [-0.4, -0.2) is 4.57 Å². The summed E-state index contributed by atoms with van der Waals surface area (Å²) >= 11 is 0. The quantitative estimate of drug-likeness (QED) is 0.176. The molecule has 0 radical (unpaired) electrons. The van der Waals surface area contributed by atoms with E-state index in [2.05, 4.69) is 193 Å². The SMILES string of the molecule is CC12c3ccccc3-c3cccc(c31)N1c3ccc(-c4cccc5c4c4ccccc4n5-c4ccccc4)cc3C3(C)c4ccccc4-c4ccc2c1c43. The molecule has 0 bridgehead atoms. The highest BCUT2D eigenvalue weighted by Crippen LogP contribution is 2.70. The molecule has 2 aliphatic carbocycles. The van der Waals surface area contributed by atoms with Gasteiger partial charge in [-0.05, 0) is 123 Å². The zero-order valence-corrected chi connectivity index (χ0v) is 30.1. The standard InChI is InChI=1S/C52H34N2/c1-51-39-21-9-6-16-34(39)36-20-13-25-46(48(36)51)54-44-29-26-31(30-42(44)52(2)40-22-10-7-17-35(40)37-27-28-41(51)50(54)49(37)52)33-19-12-24-45-47(33)38-18-8-11-23-43(38)53(45)32-14-4-3-5-15-32/h3-30H,1-2H3. The van der Waals surface area contributed by atoms with Crippen LogP contribution < -0.4 is 4.90 Å². The fourth-order valence-electron chi connectivity index (χ4n) is 11.4. The minimum Gasteiger partial charge on any atom is -0.309 e. The summed E-state index contributed by atoms with van der Waals surface area (Å²) in [5, 5.41) is 2.56. The summed E-state index contributed by atoms with van der Waals surface area (Å²) in [6, 6.07) is 63.9. The second-order valence-electron chi connectivity index (χ2n) is 15.9. The molecule has 0 saturated heterocycles. The maximum atomic E-state index is 2.63. The number of fused-ring (bicyclic) bond motifs is 14. The first-order valence-electron chi connectivity index (χ1n) is 19.1. The Morgan fingerprint density at radius 2 is 1.04 bits per heavy atom. The summed E-state index contributed by atoms with van der Waals surface area (Å²) in [6.45, 7) is 4.97. The zero-order valence-electron chi connectivity index (χ0n) is 30.1. The second kappa shape index (κ2) is 9.66. The Hall–Kier alpha value is -6.64. The molecule has 9 aromatic rings. The van der Waals surface area contributed by atoms with E-state index in [9.17, 15) is 0 Å². The number of hydrogen-bond donors (Lipinski definition) is 0. The van der Waals surface area contributed by atoms with Crippen LogP contribution in [0.15, 0.2) is 170 Å². The fourth-order valence-corrected chi connectivity index (χ4v) is 11.4. The van der Waals surface area contributed by atoms with Crippen molar-refractivity contribution in [1.82, 2.24) is 4.57 Å². The number of rotatable bonds is 2. The molecule has 2 unspecified atom stereocenters. The van der Waals surface area contributed by atoms with Crippen LogP contribution in [0.2, 0.25) is 0 Å². The van der Waals surface area contributed by atoms with Crippen molar-refractivity contribution < 1.29 is 0 Å². The molecule has 0 fully saturated rings. The molecule has 4 aliphatic rings. The van der Waals surface area contributed by atoms with Crippen molar-refractivity contribution in [1.29, 1.82) is 0 Å². The zero-order chi connectivity index (χ0) is 35.5. The van der Waals surface area contributed by atoms with Gasteiger partial charge in [-0.15, -0.1) is 0 Å². The van der Waals surface area contributed by atoms with E-state index < -0.39 is 0 Å². The molecule has 252 valence electrons. The Bertz CT molecular complexity index is 3150. The molecule has 3 heterocycles. The van der Waals surface area contributed by atoms with Gasteiger partial charge in [0.25, 0.3) is 0 Å². The highest BCUT2D eigenvalue weighted by Gasteiger charge is 2.55. The first-order valence-corrected chi connectivity index (χ1v) is 19.1. The first-order chi connectivity index (χ1) is 26.6. The number of aromatic nitrogens is 1. The summed E-state index contributed by atoms with van der Waals surface area (Å²) in [5.41, 5.74) is 23.3. The largest absolute Gasteiger partial charge is 0.309 e. The summed E-state index contributed by atoms with van der Waals surface area (Å²) in [6.07, 6.45) is 0. The van der Waals surface area contributed by atoms with E-state index in [1.54, 1.807) is 0 Å². The Labute approximate surface area is 314 Å². The third kappa shape index (κ3) is 3.15. The molecule has 1 aromatic heterocycles. The van der Waals surface area contributed by atoms with Gasteiger partial charge < -0.3 is 9.47 Å². The predicted octanol–water partition coefficient (Wildman–Crippen LogP) is 13.2. The smallest absolute Gasteiger partial charge is 0.0556 e. The van der Waals surface area contributed by atoms with Gasteiger partial charge >= 0.3 is 0 Å². The molecular formula is C52H34N2. The Kier molecular flexibility index (Phi) is 5.17. The molecule has 2 nitrogen and oxygen atoms in total. The van der Waals surface area contributed by atoms with E-state index in [0.717, 1.165) is 0 Å². The highest BCUT2D eigenvalue weighted by atomic mass is 15.2. The topological polar surface area (TPSA) is 8.17 Å². The first kappa shape index (κ1) is 28.9. The van der Waals surface area contributed by atoms with Crippen molar-refractivity contribution in [2.45, 2.75) is 24.7 Å². The van der Waals surface area contributed by atoms with Crippen LogP contribution in [0.5, 0.6) is 0 Å². The van der Waals surface area contributed by atoms with Crippen LogP contribution in [-0.2, 0) is 10.8 Å². The second-order valence-corrected chi connectivity index (χ2v) is 15.9. The molecule has 8 aromatic carbocycles. The van der Waals surface area contributed by atoms with E-state index in [1.807, 2.05) is 0 Å². The normalized spacial score (nSPS) is 19.0. The van der Waals surface area contributed by atoms with E-state index in [4.69, 9.17) is 0 Å². The van der Waals surface area contributed by atoms with E-state index >= 15 is 0 Å². The van der Waals surface area contributed by atoms with Gasteiger partial charge in [-0.2, -0.15) is 0 Å². The Morgan fingerprint density at radius 3 is 1.85 bits per heavy atom. The fraction of sp³-hybridized carbons (Fsp3) is 0.0769. The summed E-state index contributed by atoms with van der Waals surface area (Å²) < 4.78 is 2.42. The van der Waals surface area contributed by atoms with Gasteiger partial charge in [-0.1, -0.05) is 127 Å². The minimum atomic E-state index is -0.339. The number of benzene rings is 8.